The van der Waals surface area contributed by atoms with Gasteiger partial charge in [0.25, 0.3) is 5.91 Å². The van der Waals surface area contributed by atoms with Gasteiger partial charge in [-0.1, -0.05) is 40.5 Å². The number of amides is 1. The molecule has 5 heteroatoms. The van der Waals surface area contributed by atoms with Gasteiger partial charge < -0.3 is 15.3 Å². The molecule has 0 aliphatic rings. The predicted molar refractivity (Wildman–Crippen MR) is 111 cm³/mol. The first-order chi connectivity index (χ1) is 12.6. The van der Waals surface area contributed by atoms with Gasteiger partial charge in [-0.3, -0.25) is 4.79 Å². The lowest BCUT2D eigenvalue weighted by Crippen LogP contribution is -2.24. The van der Waals surface area contributed by atoms with Crippen LogP contribution in [0.4, 0.5) is 0 Å². The first kappa shape index (κ1) is 16.9. The molecule has 1 amide bonds. The molecule has 2 aromatic heterocycles. The summed E-state index contributed by atoms with van der Waals surface area (Å²) in [4.78, 5) is 19.7. The van der Waals surface area contributed by atoms with E-state index in [0.717, 1.165) is 44.1 Å². The summed E-state index contributed by atoms with van der Waals surface area (Å²) in [5, 5.41) is 5.07. The van der Waals surface area contributed by atoms with Crippen LogP contribution >= 0.6 is 15.9 Å². The van der Waals surface area contributed by atoms with Crippen LogP contribution in [0.5, 0.6) is 0 Å². The minimum atomic E-state index is -0.0507. The van der Waals surface area contributed by atoms with Crippen molar-refractivity contribution in [3.8, 4) is 11.4 Å². The van der Waals surface area contributed by atoms with Crippen LogP contribution in [0.25, 0.3) is 33.2 Å². The van der Waals surface area contributed by atoms with Crippen LogP contribution in [0, 0.1) is 6.92 Å². The van der Waals surface area contributed by atoms with E-state index in [1.807, 2.05) is 25.1 Å². The Kier molecular flexibility index (Phi) is 4.32. The van der Waals surface area contributed by atoms with Crippen LogP contribution in [0.3, 0.4) is 0 Å². The number of halogens is 1. The summed E-state index contributed by atoms with van der Waals surface area (Å²) in [6, 6.07) is 14.3. The molecule has 0 saturated carbocycles. The van der Waals surface area contributed by atoms with E-state index in [1.165, 1.54) is 5.56 Å². The lowest BCUT2D eigenvalue weighted by molar-refractivity contribution is 0.0956. The first-order valence-electron chi connectivity index (χ1n) is 8.76. The van der Waals surface area contributed by atoms with Crippen molar-refractivity contribution in [1.82, 2.24) is 15.3 Å². The number of fused-ring (bicyclic) bond motifs is 2. The van der Waals surface area contributed by atoms with Crippen molar-refractivity contribution < 1.29 is 4.79 Å². The summed E-state index contributed by atoms with van der Waals surface area (Å²) in [7, 11) is 0. The summed E-state index contributed by atoms with van der Waals surface area (Å²) in [6.45, 7) is 4.79. The minimum absolute atomic E-state index is 0.0507. The molecule has 0 saturated heterocycles. The topological polar surface area (TPSA) is 60.7 Å². The number of carbonyl (C=O) groups excluding carboxylic acids is 1. The average Bonchev–Trinajstić information content (AvgIpc) is 3.19. The van der Waals surface area contributed by atoms with Crippen molar-refractivity contribution >= 4 is 43.6 Å². The lowest BCUT2D eigenvalue weighted by atomic mass is 10.1. The maximum Gasteiger partial charge on any atom is 0.254 e. The monoisotopic (exact) mass is 409 g/mol. The molecule has 0 aliphatic carbocycles. The third-order valence-electron chi connectivity index (χ3n) is 4.57. The summed E-state index contributed by atoms with van der Waals surface area (Å²) in [5.74, 6) is -0.0507. The number of carbonyl (C=O) groups is 1. The Labute approximate surface area is 160 Å². The molecule has 0 spiro atoms. The van der Waals surface area contributed by atoms with E-state index < -0.39 is 0 Å². The predicted octanol–water partition coefficient (Wildman–Crippen LogP) is 5.53. The smallest absolute Gasteiger partial charge is 0.254 e. The van der Waals surface area contributed by atoms with Crippen molar-refractivity contribution in [1.29, 1.82) is 0 Å². The maximum absolute atomic E-state index is 12.9. The Morgan fingerprint density at radius 1 is 1.08 bits per heavy atom. The first-order valence-corrected chi connectivity index (χ1v) is 9.55. The molecule has 0 radical (unpaired) electrons. The highest BCUT2D eigenvalue weighted by atomic mass is 79.9. The summed E-state index contributed by atoms with van der Waals surface area (Å²) < 4.78 is 0.977. The molecular formula is C21H20BrN3O. The number of nitrogens with one attached hydrogen (secondary N) is 3. The number of benzene rings is 2. The quantitative estimate of drug-likeness (QED) is 0.407. The number of hydrogen-bond acceptors (Lipinski definition) is 1. The number of hydrogen-bond donors (Lipinski definition) is 3. The van der Waals surface area contributed by atoms with Crippen molar-refractivity contribution in [3.05, 3.63) is 58.1 Å². The largest absolute Gasteiger partial charge is 0.353 e. The molecule has 26 heavy (non-hydrogen) atoms. The van der Waals surface area contributed by atoms with Crippen LogP contribution in [0.2, 0.25) is 0 Å². The summed E-state index contributed by atoms with van der Waals surface area (Å²) in [6.07, 6.45) is 0.903. The van der Waals surface area contributed by atoms with Crippen molar-refractivity contribution in [3.63, 3.8) is 0 Å². The fourth-order valence-electron chi connectivity index (χ4n) is 3.32. The maximum atomic E-state index is 12.9. The number of H-pyrrole nitrogens is 2. The fourth-order valence-corrected chi connectivity index (χ4v) is 3.68. The molecule has 3 N–H and O–H groups in total. The Balaban J connectivity index is 1.93. The molecule has 0 aliphatic heterocycles. The number of rotatable bonds is 4. The number of aromatic nitrogens is 2. The molecule has 4 nitrogen and oxygen atoms in total. The molecule has 132 valence electrons. The van der Waals surface area contributed by atoms with E-state index in [9.17, 15) is 4.79 Å². The second kappa shape index (κ2) is 6.65. The van der Waals surface area contributed by atoms with Gasteiger partial charge in [0.05, 0.1) is 17.0 Å². The van der Waals surface area contributed by atoms with E-state index in [-0.39, 0.29) is 5.91 Å². The molecule has 2 aromatic carbocycles. The van der Waals surface area contributed by atoms with Crippen molar-refractivity contribution in [2.24, 2.45) is 0 Å². The molecule has 4 aromatic rings. The fraction of sp³-hybridized carbons (Fsp3) is 0.190. The standard InChI is InChI=1S/C21H20BrN3O/c1-3-8-23-21(26)19-15-6-5-14(22)11-17(15)25-20(19)18-10-13-9-12(2)4-7-16(13)24-18/h4-7,9-11,24-25H,3,8H2,1-2H3,(H,23,26). The second-order valence-electron chi connectivity index (χ2n) is 6.59. The third kappa shape index (κ3) is 2.92. The van der Waals surface area contributed by atoms with Gasteiger partial charge in [0.2, 0.25) is 0 Å². The number of aromatic amines is 2. The van der Waals surface area contributed by atoms with Crippen LogP contribution in [0.1, 0.15) is 29.3 Å². The molecule has 2 heterocycles. The molecular weight excluding hydrogens is 390 g/mol. The van der Waals surface area contributed by atoms with Gasteiger partial charge in [-0.25, -0.2) is 0 Å². The second-order valence-corrected chi connectivity index (χ2v) is 7.51. The SMILES string of the molecule is CCCNC(=O)c1c(-c2cc3cc(C)ccc3[nH]2)[nH]c2cc(Br)ccc12. The van der Waals surface area contributed by atoms with E-state index in [4.69, 9.17) is 0 Å². The Hall–Kier alpha value is -2.53. The van der Waals surface area contributed by atoms with Gasteiger partial charge in [-0.15, -0.1) is 0 Å². The average molecular weight is 410 g/mol. The highest BCUT2D eigenvalue weighted by molar-refractivity contribution is 9.10. The van der Waals surface area contributed by atoms with Gasteiger partial charge in [0, 0.05) is 32.8 Å². The number of aryl methyl sites for hydroxylation is 1. The molecule has 0 unspecified atom stereocenters. The summed E-state index contributed by atoms with van der Waals surface area (Å²) in [5.41, 5.74) is 5.63. The zero-order valence-electron chi connectivity index (χ0n) is 14.7. The van der Waals surface area contributed by atoms with Crippen LogP contribution in [-0.4, -0.2) is 22.4 Å². The molecule has 4 rings (SSSR count). The Morgan fingerprint density at radius 3 is 2.73 bits per heavy atom. The van der Waals surface area contributed by atoms with Gasteiger partial charge in [0.15, 0.2) is 0 Å². The van der Waals surface area contributed by atoms with E-state index in [1.54, 1.807) is 0 Å². The van der Waals surface area contributed by atoms with Crippen molar-refractivity contribution in [2.45, 2.75) is 20.3 Å². The zero-order valence-corrected chi connectivity index (χ0v) is 16.3. The third-order valence-corrected chi connectivity index (χ3v) is 5.06. The van der Waals surface area contributed by atoms with E-state index in [0.29, 0.717) is 12.1 Å². The summed E-state index contributed by atoms with van der Waals surface area (Å²) >= 11 is 3.51. The van der Waals surface area contributed by atoms with E-state index >= 15 is 0 Å². The molecule has 0 fully saturated rings. The normalized spacial score (nSPS) is 11.3. The van der Waals surface area contributed by atoms with Crippen LogP contribution in [0.15, 0.2) is 46.9 Å². The molecule has 0 bridgehead atoms. The molecule has 0 atom stereocenters. The van der Waals surface area contributed by atoms with Gasteiger partial charge >= 0.3 is 0 Å². The van der Waals surface area contributed by atoms with Gasteiger partial charge in [-0.05, 0) is 43.7 Å². The van der Waals surface area contributed by atoms with Crippen LogP contribution < -0.4 is 5.32 Å². The van der Waals surface area contributed by atoms with Gasteiger partial charge in [-0.2, -0.15) is 0 Å². The lowest BCUT2D eigenvalue weighted by Gasteiger charge is -2.05. The Bertz CT molecular complexity index is 1120. The zero-order chi connectivity index (χ0) is 18.3. The van der Waals surface area contributed by atoms with E-state index in [2.05, 4.69) is 62.4 Å². The van der Waals surface area contributed by atoms with Crippen LogP contribution in [-0.2, 0) is 0 Å². The highest BCUT2D eigenvalue weighted by Gasteiger charge is 2.20. The van der Waals surface area contributed by atoms with Gasteiger partial charge in [0.1, 0.15) is 0 Å². The van der Waals surface area contributed by atoms with Crippen molar-refractivity contribution in [2.75, 3.05) is 6.54 Å². The minimum Gasteiger partial charge on any atom is -0.353 e. The Morgan fingerprint density at radius 2 is 1.92 bits per heavy atom. The highest BCUT2D eigenvalue weighted by Crippen LogP contribution is 2.33.